The van der Waals surface area contributed by atoms with E-state index in [2.05, 4.69) is 25.4 Å². The second kappa shape index (κ2) is 6.25. The smallest absolute Gasteiger partial charge is 0.272 e. The van der Waals surface area contributed by atoms with Crippen LogP contribution in [0.3, 0.4) is 0 Å². The van der Waals surface area contributed by atoms with Gasteiger partial charge in [0.1, 0.15) is 5.69 Å². The first-order chi connectivity index (χ1) is 11.8. The molecule has 8 heteroatoms. The summed E-state index contributed by atoms with van der Waals surface area (Å²) in [4.78, 5) is 18.7. The average Bonchev–Trinajstić information content (AvgIpc) is 3.34. The van der Waals surface area contributed by atoms with Gasteiger partial charge in [0.25, 0.3) is 5.91 Å². The number of ether oxygens (including phenoxy) is 1. The first-order valence-electron chi connectivity index (χ1n) is 7.67. The van der Waals surface area contributed by atoms with Crippen LogP contribution in [0.25, 0.3) is 11.3 Å². The van der Waals surface area contributed by atoms with Crippen molar-refractivity contribution in [1.29, 1.82) is 0 Å². The van der Waals surface area contributed by atoms with Gasteiger partial charge in [0, 0.05) is 30.7 Å². The van der Waals surface area contributed by atoms with E-state index in [1.54, 1.807) is 29.6 Å². The van der Waals surface area contributed by atoms with Gasteiger partial charge in [0.15, 0.2) is 0 Å². The molecule has 0 bridgehead atoms. The summed E-state index contributed by atoms with van der Waals surface area (Å²) in [5, 5.41) is 13.9. The molecule has 0 unspecified atom stereocenters. The number of rotatable bonds is 3. The molecule has 0 aliphatic carbocycles. The normalized spacial score (nSPS) is 17.8. The Kier molecular flexibility index (Phi) is 3.80. The molecule has 0 aromatic carbocycles. The third kappa shape index (κ3) is 2.67. The Morgan fingerprint density at radius 1 is 1.29 bits per heavy atom. The van der Waals surface area contributed by atoms with Gasteiger partial charge in [-0.15, -0.1) is 0 Å². The number of carbonyl (C=O) groups is 1. The molecule has 1 saturated heterocycles. The summed E-state index contributed by atoms with van der Waals surface area (Å²) in [7, 11) is 0. The highest BCUT2D eigenvalue weighted by Crippen LogP contribution is 2.25. The zero-order valence-electron chi connectivity index (χ0n) is 12.8. The topological polar surface area (TPSA) is 99.8 Å². The number of carbonyl (C=O) groups excluding carboxylic acids is 1. The van der Waals surface area contributed by atoms with Gasteiger partial charge in [0.05, 0.1) is 30.6 Å². The Bertz CT molecular complexity index is 814. The summed E-state index contributed by atoms with van der Waals surface area (Å²) in [6, 6.07) is 7.16. The van der Waals surface area contributed by atoms with Crippen molar-refractivity contribution in [1.82, 2.24) is 30.3 Å². The molecule has 3 aromatic rings. The molecular formula is C16H16N6O2. The Morgan fingerprint density at radius 2 is 2.25 bits per heavy atom. The Labute approximate surface area is 137 Å². The van der Waals surface area contributed by atoms with Crippen LogP contribution in [-0.4, -0.2) is 55.9 Å². The summed E-state index contributed by atoms with van der Waals surface area (Å²) >= 11 is 0. The molecule has 0 radical (unpaired) electrons. The molecule has 1 fully saturated rings. The van der Waals surface area contributed by atoms with E-state index in [9.17, 15) is 4.79 Å². The second-order valence-corrected chi connectivity index (χ2v) is 5.51. The fourth-order valence-corrected chi connectivity index (χ4v) is 2.80. The van der Waals surface area contributed by atoms with Crippen LogP contribution in [0.2, 0.25) is 0 Å². The van der Waals surface area contributed by atoms with E-state index in [4.69, 9.17) is 4.74 Å². The highest BCUT2D eigenvalue weighted by molar-refractivity contribution is 5.93. The molecule has 122 valence electrons. The number of nitrogens with zero attached hydrogens (tertiary/aromatic N) is 4. The van der Waals surface area contributed by atoms with Crippen LogP contribution in [0.15, 0.2) is 42.9 Å². The molecule has 8 nitrogen and oxygen atoms in total. The predicted octanol–water partition coefficient (Wildman–Crippen LogP) is 1.41. The number of hydrogen-bond acceptors (Lipinski definition) is 5. The van der Waals surface area contributed by atoms with Gasteiger partial charge >= 0.3 is 0 Å². The summed E-state index contributed by atoms with van der Waals surface area (Å²) in [6.45, 7) is 1.47. The van der Waals surface area contributed by atoms with Crippen molar-refractivity contribution in [3.8, 4) is 11.3 Å². The van der Waals surface area contributed by atoms with Crippen LogP contribution in [0.5, 0.6) is 0 Å². The molecule has 24 heavy (non-hydrogen) atoms. The standard InChI is InChI=1S/C16H16N6O2/c23-16(14-8-13(20-21-14)11-2-1-4-17-9-11)22-6-7-24-10-15(22)12-3-5-18-19-12/h1-5,8-9,15H,6-7,10H2,(H,18,19)(H,20,21)/t15-/m1/s1. The van der Waals surface area contributed by atoms with Crippen molar-refractivity contribution >= 4 is 5.91 Å². The van der Waals surface area contributed by atoms with Gasteiger partial charge in [-0.1, -0.05) is 0 Å². The predicted molar refractivity (Wildman–Crippen MR) is 85.0 cm³/mol. The number of H-pyrrole nitrogens is 2. The average molecular weight is 324 g/mol. The third-order valence-electron chi connectivity index (χ3n) is 4.04. The van der Waals surface area contributed by atoms with Crippen LogP contribution in [0.1, 0.15) is 22.2 Å². The molecular weight excluding hydrogens is 308 g/mol. The molecule has 0 saturated carbocycles. The highest BCUT2D eigenvalue weighted by atomic mass is 16.5. The van der Waals surface area contributed by atoms with E-state index in [-0.39, 0.29) is 11.9 Å². The van der Waals surface area contributed by atoms with Crippen LogP contribution in [0.4, 0.5) is 0 Å². The SMILES string of the molecule is O=C(c1cc(-c2cccnc2)n[nH]1)N1CCOC[C@@H]1c1ccn[nH]1. The molecule has 4 rings (SSSR count). The fourth-order valence-electron chi connectivity index (χ4n) is 2.80. The van der Waals surface area contributed by atoms with Crippen molar-refractivity contribution in [2.45, 2.75) is 6.04 Å². The summed E-state index contributed by atoms with van der Waals surface area (Å²) in [5.74, 6) is -0.111. The first-order valence-corrected chi connectivity index (χ1v) is 7.67. The Balaban J connectivity index is 1.59. The van der Waals surface area contributed by atoms with Crippen LogP contribution < -0.4 is 0 Å². The van der Waals surface area contributed by atoms with E-state index in [1.165, 1.54) is 0 Å². The van der Waals surface area contributed by atoms with Gasteiger partial charge < -0.3 is 9.64 Å². The van der Waals surface area contributed by atoms with E-state index in [0.717, 1.165) is 11.3 Å². The number of aromatic nitrogens is 5. The Hall–Kier alpha value is -3.00. The highest BCUT2D eigenvalue weighted by Gasteiger charge is 2.31. The van der Waals surface area contributed by atoms with Crippen LogP contribution >= 0.6 is 0 Å². The van der Waals surface area contributed by atoms with Crippen molar-refractivity contribution in [3.05, 3.63) is 54.2 Å². The van der Waals surface area contributed by atoms with E-state index >= 15 is 0 Å². The van der Waals surface area contributed by atoms with Gasteiger partial charge in [-0.3, -0.25) is 20.0 Å². The molecule has 1 amide bonds. The maximum Gasteiger partial charge on any atom is 0.272 e. The number of hydrogen-bond donors (Lipinski definition) is 2. The van der Waals surface area contributed by atoms with Crippen molar-refractivity contribution in [2.75, 3.05) is 19.8 Å². The van der Waals surface area contributed by atoms with Crippen LogP contribution in [-0.2, 0) is 4.74 Å². The van der Waals surface area contributed by atoms with Gasteiger partial charge in [-0.05, 0) is 24.3 Å². The first kappa shape index (κ1) is 14.6. The molecule has 1 aliphatic heterocycles. The quantitative estimate of drug-likeness (QED) is 0.759. The Morgan fingerprint density at radius 3 is 3.04 bits per heavy atom. The molecule has 2 N–H and O–H groups in total. The van der Waals surface area contributed by atoms with Crippen molar-refractivity contribution in [2.24, 2.45) is 0 Å². The number of pyridine rings is 1. The minimum absolute atomic E-state index is 0.111. The fraction of sp³-hybridized carbons (Fsp3) is 0.250. The lowest BCUT2D eigenvalue weighted by molar-refractivity contribution is -0.00422. The van der Waals surface area contributed by atoms with Crippen molar-refractivity contribution in [3.63, 3.8) is 0 Å². The maximum absolute atomic E-state index is 12.9. The van der Waals surface area contributed by atoms with Gasteiger partial charge in [0.2, 0.25) is 0 Å². The molecule has 0 spiro atoms. The number of aromatic amines is 2. The minimum Gasteiger partial charge on any atom is -0.377 e. The summed E-state index contributed by atoms with van der Waals surface area (Å²) in [6.07, 6.45) is 5.08. The van der Waals surface area contributed by atoms with E-state index in [0.29, 0.717) is 31.1 Å². The lowest BCUT2D eigenvalue weighted by Gasteiger charge is -2.34. The molecule has 1 atom stereocenters. The second-order valence-electron chi connectivity index (χ2n) is 5.51. The number of nitrogens with one attached hydrogen (secondary N) is 2. The van der Waals surface area contributed by atoms with E-state index < -0.39 is 0 Å². The lowest BCUT2D eigenvalue weighted by atomic mass is 10.1. The largest absolute Gasteiger partial charge is 0.377 e. The summed E-state index contributed by atoms with van der Waals surface area (Å²) in [5.41, 5.74) is 2.85. The summed E-state index contributed by atoms with van der Waals surface area (Å²) < 4.78 is 5.52. The van der Waals surface area contributed by atoms with Gasteiger partial charge in [-0.2, -0.15) is 10.2 Å². The zero-order valence-corrected chi connectivity index (χ0v) is 12.8. The number of morpholine rings is 1. The van der Waals surface area contributed by atoms with Gasteiger partial charge in [-0.25, -0.2) is 0 Å². The van der Waals surface area contributed by atoms with Crippen molar-refractivity contribution < 1.29 is 9.53 Å². The monoisotopic (exact) mass is 324 g/mol. The lowest BCUT2D eigenvalue weighted by Crippen LogP contribution is -2.43. The van der Waals surface area contributed by atoms with Crippen LogP contribution in [0, 0.1) is 0 Å². The van der Waals surface area contributed by atoms with E-state index in [1.807, 2.05) is 18.2 Å². The minimum atomic E-state index is -0.182. The maximum atomic E-state index is 12.9. The third-order valence-corrected chi connectivity index (χ3v) is 4.04. The number of amides is 1. The molecule has 4 heterocycles. The zero-order chi connectivity index (χ0) is 16.4. The molecule has 1 aliphatic rings. The molecule has 3 aromatic heterocycles.